The third kappa shape index (κ3) is 2.75. The second-order valence-corrected chi connectivity index (χ2v) is 8.43. The first-order valence-electron chi connectivity index (χ1n) is 5.75. The highest BCUT2D eigenvalue weighted by atomic mass is 32.2. The van der Waals surface area contributed by atoms with Crippen molar-refractivity contribution in [1.82, 2.24) is 4.37 Å². The summed E-state index contributed by atoms with van der Waals surface area (Å²) in [6.07, 6.45) is 2.27. The first-order valence-corrected chi connectivity index (χ1v) is 9.46. The molecule has 102 valence electrons. The molecule has 1 aliphatic heterocycles. The molecule has 1 atom stereocenters. The summed E-state index contributed by atoms with van der Waals surface area (Å²) < 4.78 is 27.6. The van der Waals surface area contributed by atoms with Crippen LogP contribution in [-0.2, 0) is 9.84 Å². The van der Waals surface area contributed by atoms with E-state index in [2.05, 4.69) is 16.2 Å². The molecule has 1 unspecified atom stereocenters. The second-order valence-electron chi connectivity index (χ2n) is 4.32. The molecule has 0 aliphatic carbocycles. The van der Waals surface area contributed by atoms with Crippen LogP contribution in [0.5, 0.6) is 0 Å². The predicted molar refractivity (Wildman–Crippen MR) is 78.4 cm³/mol. The van der Waals surface area contributed by atoms with Gasteiger partial charge in [-0.2, -0.15) is 16.1 Å². The Morgan fingerprint density at radius 2 is 2.28 bits per heavy atom. The highest BCUT2D eigenvalue weighted by Gasteiger charge is 2.28. The lowest BCUT2D eigenvalue weighted by Crippen LogP contribution is -2.37. The molecule has 0 aromatic carbocycles. The molecular formula is C10H17N3O2S3. The maximum absolute atomic E-state index is 11.8. The average molecular weight is 307 g/mol. The average Bonchev–Trinajstić information content (AvgIpc) is 2.71. The SMILES string of the molecule is CCC1CN(c2snc(N)c2S(C)(=O)=O)CCS1. The zero-order chi connectivity index (χ0) is 13.3. The molecule has 0 bridgehead atoms. The molecule has 0 saturated carbocycles. The number of sulfone groups is 1. The molecule has 1 saturated heterocycles. The van der Waals surface area contributed by atoms with Crippen molar-refractivity contribution in [3.8, 4) is 0 Å². The fourth-order valence-electron chi connectivity index (χ4n) is 1.99. The molecule has 5 nitrogen and oxygen atoms in total. The summed E-state index contributed by atoms with van der Waals surface area (Å²) in [6, 6.07) is 0. The van der Waals surface area contributed by atoms with Gasteiger partial charge >= 0.3 is 0 Å². The van der Waals surface area contributed by atoms with Crippen LogP contribution in [0.4, 0.5) is 10.8 Å². The van der Waals surface area contributed by atoms with Crippen LogP contribution in [0.2, 0.25) is 0 Å². The molecule has 1 aromatic rings. The molecular weight excluding hydrogens is 290 g/mol. The van der Waals surface area contributed by atoms with Crippen molar-refractivity contribution < 1.29 is 8.42 Å². The van der Waals surface area contributed by atoms with Crippen molar-refractivity contribution in [2.75, 3.05) is 35.7 Å². The van der Waals surface area contributed by atoms with E-state index in [0.29, 0.717) is 10.3 Å². The van der Waals surface area contributed by atoms with Crippen molar-refractivity contribution >= 4 is 44.0 Å². The first kappa shape index (κ1) is 14.0. The van der Waals surface area contributed by atoms with Crippen LogP contribution in [0, 0.1) is 0 Å². The van der Waals surface area contributed by atoms with E-state index in [1.54, 1.807) is 0 Å². The monoisotopic (exact) mass is 307 g/mol. The fourth-order valence-corrected chi connectivity index (χ4v) is 5.41. The van der Waals surface area contributed by atoms with Crippen molar-refractivity contribution in [3.05, 3.63) is 0 Å². The van der Waals surface area contributed by atoms with Gasteiger partial charge in [0.25, 0.3) is 0 Å². The van der Waals surface area contributed by atoms with Gasteiger partial charge < -0.3 is 10.6 Å². The molecule has 2 heterocycles. The Labute approximate surface area is 116 Å². The van der Waals surface area contributed by atoms with Crippen molar-refractivity contribution in [2.45, 2.75) is 23.5 Å². The zero-order valence-electron chi connectivity index (χ0n) is 10.4. The molecule has 1 fully saturated rings. The maximum Gasteiger partial charge on any atom is 0.182 e. The Balaban J connectivity index is 2.34. The van der Waals surface area contributed by atoms with Gasteiger partial charge in [0, 0.05) is 30.3 Å². The number of hydrogen-bond donors (Lipinski definition) is 1. The van der Waals surface area contributed by atoms with Crippen LogP contribution in [0.15, 0.2) is 4.90 Å². The van der Waals surface area contributed by atoms with E-state index in [1.807, 2.05) is 11.8 Å². The lowest BCUT2D eigenvalue weighted by atomic mass is 10.3. The molecule has 1 aromatic heterocycles. The van der Waals surface area contributed by atoms with Crippen LogP contribution in [0.25, 0.3) is 0 Å². The summed E-state index contributed by atoms with van der Waals surface area (Å²) in [5, 5.41) is 1.25. The molecule has 8 heteroatoms. The van der Waals surface area contributed by atoms with E-state index < -0.39 is 9.84 Å². The number of anilines is 2. The number of rotatable bonds is 3. The highest BCUT2D eigenvalue weighted by Crippen LogP contribution is 2.37. The minimum atomic E-state index is -3.32. The number of nitrogens with zero attached hydrogens (tertiary/aromatic N) is 2. The Morgan fingerprint density at radius 1 is 1.56 bits per heavy atom. The minimum absolute atomic E-state index is 0.128. The summed E-state index contributed by atoms with van der Waals surface area (Å²) >= 11 is 3.13. The van der Waals surface area contributed by atoms with E-state index in [0.717, 1.165) is 25.3 Å². The van der Waals surface area contributed by atoms with Gasteiger partial charge in [0.1, 0.15) is 9.90 Å². The van der Waals surface area contributed by atoms with Crippen LogP contribution in [0.1, 0.15) is 13.3 Å². The van der Waals surface area contributed by atoms with Gasteiger partial charge in [-0.1, -0.05) is 6.92 Å². The van der Waals surface area contributed by atoms with E-state index in [4.69, 9.17) is 5.73 Å². The Kier molecular flexibility index (Phi) is 4.08. The van der Waals surface area contributed by atoms with E-state index >= 15 is 0 Å². The van der Waals surface area contributed by atoms with Gasteiger partial charge in [0.2, 0.25) is 0 Å². The van der Waals surface area contributed by atoms with Crippen molar-refractivity contribution in [2.24, 2.45) is 0 Å². The van der Waals surface area contributed by atoms with Gasteiger partial charge in [0.05, 0.1) is 0 Å². The maximum atomic E-state index is 11.8. The van der Waals surface area contributed by atoms with Gasteiger partial charge in [-0.25, -0.2) is 8.42 Å². The number of nitrogens with two attached hydrogens (primary N) is 1. The lowest BCUT2D eigenvalue weighted by molar-refractivity contribution is 0.602. The Bertz CT molecular complexity index is 526. The van der Waals surface area contributed by atoms with Gasteiger partial charge in [-0.05, 0) is 18.0 Å². The lowest BCUT2D eigenvalue weighted by Gasteiger charge is -2.32. The van der Waals surface area contributed by atoms with E-state index in [1.165, 1.54) is 17.8 Å². The topological polar surface area (TPSA) is 76.3 Å². The molecule has 0 amide bonds. The number of hydrogen-bond acceptors (Lipinski definition) is 7. The van der Waals surface area contributed by atoms with Crippen LogP contribution < -0.4 is 10.6 Å². The van der Waals surface area contributed by atoms with Crippen LogP contribution in [0.3, 0.4) is 0 Å². The molecule has 0 radical (unpaired) electrons. The molecule has 2 rings (SSSR count). The summed E-state index contributed by atoms with van der Waals surface area (Å²) in [6.45, 7) is 3.87. The predicted octanol–water partition coefficient (Wildman–Crippen LogP) is 1.46. The third-order valence-electron chi connectivity index (χ3n) is 2.91. The van der Waals surface area contributed by atoms with E-state index in [9.17, 15) is 8.42 Å². The summed E-state index contributed by atoms with van der Waals surface area (Å²) in [5.74, 6) is 1.14. The van der Waals surface area contributed by atoms with E-state index in [-0.39, 0.29) is 10.7 Å². The molecule has 1 aliphatic rings. The number of nitrogen functional groups attached to an aromatic ring is 1. The van der Waals surface area contributed by atoms with Crippen molar-refractivity contribution in [3.63, 3.8) is 0 Å². The minimum Gasteiger partial charge on any atom is -0.382 e. The van der Waals surface area contributed by atoms with Gasteiger partial charge in [-0.15, -0.1) is 0 Å². The molecule has 2 N–H and O–H groups in total. The first-order chi connectivity index (χ1) is 8.43. The number of thioether (sulfide) groups is 1. The molecule has 0 spiro atoms. The normalized spacial score (nSPS) is 21.2. The fraction of sp³-hybridized carbons (Fsp3) is 0.700. The quantitative estimate of drug-likeness (QED) is 0.911. The second kappa shape index (κ2) is 5.26. The zero-order valence-corrected chi connectivity index (χ0v) is 12.9. The smallest absolute Gasteiger partial charge is 0.182 e. The standard InChI is InChI=1S/C10H17N3O2S3/c1-3-7-6-13(4-5-16-7)10-8(18(2,14)15)9(11)12-17-10/h7H,3-6H2,1-2H3,(H2,11,12). The molecule has 18 heavy (non-hydrogen) atoms. The van der Waals surface area contributed by atoms with Gasteiger partial charge in [0.15, 0.2) is 15.7 Å². The van der Waals surface area contributed by atoms with Crippen LogP contribution in [-0.4, -0.2) is 43.1 Å². The van der Waals surface area contributed by atoms with Crippen molar-refractivity contribution in [1.29, 1.82) is 0 Å². The Morgan fingerprint density at radius 3 is 2.89 bits per heavy atom. The van der Waals surface area contributed by atoms with Crippen LogP contribution >= 0.6 is 23.3 Å². The third-order valence-corrected chi connectivity index (χ3v) is 6.48. The highest BCUT2D eigenvalue weighted by molar-refractivity contribution is 8.00. The summed E-state index contributed by atoms with van der Waals surface area (Å²) in [5.41, 5.74) is 5.69. The Hall–Kier alpha value is -0.470. The largest absolute Gasteiger partial charge is 0.382 e. The summed E-state index contributed by atoms with van der Waals surface area (Å²) in [4.78, 5) is 2.31. The number of aromatic nitrogens is 1. The van der Waals surface area contributed by atoms with Gasteiger partial charge in [-0.3, -0.25) is 0 Å². The summed E-state index contributed by atoms with van der Waals surface area (Å²) in [7, 11) is -3.32.